The number of aromatic hydroxyl groups is 1. The van der Waals surface area contributed by atoms with Crippen molar-refractivity contribution in [3.63, 3.8) is 0 Å². The zero-order valence-electron chi connectivity index (χ0n) is 21.1. The van der Waals surface area contributed by atoms with Gasteiger partial charge in [-0.2, -0.15) is 10.2 Å². The number of nitrogens with one attached hydrogen (secondary N) is 2. The maximum absolute atomic E-state index is 12.3. The molecule has 7 nitrogen and oxygen atoms in total. The maximum atomic E-state index is 12.3. The van der Waals surface area contributed by atoms with Crippen LogP contribution >= 0.6 is 58.0 Å². The van der Waals surface area contributed by atoms with Gasteiger partial charge in [-0.25, -0.2) is 0 Å². The number of aromatic nitrogens is 4. The van der Waals surface area contributed by atoms with Crippen LogP contribution in [-0.4, -0.2) is 36.5 Å². The molecule has 0 aliphatic heterocycles. The summed E-state index contributed by atoms with van der Waals surface area (Å²) in [6.07, 6.45) is 1.91. The van der Waals surface area contributed by atoms with E-state index >= 15 is 0 Å². The standard InChI is InChI=1S/C19H16Cl2N2O2.C10H5Cl3N2O/c20-13-6-9-15(16(21)10-13)17-11-18(23-22-17)19(25)3-1-2-12-4-7-14(24)8-5-12;11-5-1-2-6(7(12)3-5)8-4-9(10(13)16)15-14-8/h4-11,24H,1-3H2,(H,22,23);1-4H,(H,14,15). The number of hydrogen-bond donors (Lipinski definition) is 3. The molecule has 0 saturated carbocycles. The molecule has 0 spiro atoms. The van der Waals surface area contributed by atoms with Crippen molar-refractivity contribution in [3.8, 4) is 28.3 Å². The summed E-state index contributed by atoms with van der Waals surface area (Å²) in [4.78, 5) is 23.2. The molecular weight excluding hydrogens is 630 g/mol. The van der Waals surface area contributed by atoms with Crippen LogP contribution in [0.15, 0.2) is 72.8 Å². The highest BCUT2D eigenvalue weighted by molar-refractivity contribution is 6.67. The van der Waals surface area contributed by atoms with E-state index < -0.39 is 5.24 Å². The number of halogens is 5. The fraction of sp³-hybridized carbons (Fsp3) is 0.103. The van der Waals surface area contributed by atoms with Crippen LogP contribution in [0.25, 0.3) is 22.5 Å². The Morgan fingerprint density at radius 3 is 1.71 bits per heavy atom. The number of nitrogens with zero attached hydrogens (tertiary/aromatic N) is 2. The van der Waals surface area contributed by atoms with Gasteiger partial charge in [-0.3, -0.25) is 19.8 Å². The van der Waals surface area contributed by atoms with Crippen molar-refractivity contribution >= 4 is 69.0 Å². The zero-order chi connectivity index (χ0) is 29.5. The third-order valence-electron chi connectivity index (χ3n) is 5.89. The molecule has 0 fully saturated rings. The minimum Gasteiger partial charge on any atom is -0.508 e. The summed E-state index contributed by atoms with van der Waals surface area (Å²) < 4.78 is 0. The van der Waals surface area contributed by atoms with Crippen LogP contribution in [-0.2, 0) is 6.42 Å². The third-order valence-corrected chi connectivity index (χ3v) is 7.19. The number of Topliss-reactive ketones (excluding diaryl/α,β-unsaturated/α-hetero) is 1. The Morgan fingerprint density at radius 1 is 0.707 bits per heavy atom. The molecule has 210 valence electrons. The van der Waals surface area contributed by atoms with Gasteiger partial charge in [0.1, 0.15) is 17.1 Å². The number of benzene rings is 3. The molecule has 3 N–H and O–H groups in total. The van der Waals surface area contributed by atoms with Gasteiger partial charge in [-0.15, -0.1) is 0 Å². The Bertz CT molecular complexity index is 1680. The van der Waals surface area contributed by atoms with Gasteiger partial charge < -0.3 is 5.11 Å². The lowest BCUT2D eigenvalue weighted by molar-refractivity contribution is 0.0974. The molecule has 0 aliphatic carbocycles. The van der Waals surface area contributed by atoms with Gasteiger partial charge in [0.25, 0.3) is 5.24 Å². The minimum absolute atomic E-state index is 0.00242. The van der Waals surface area contributed by atoms with Crippen LogP contribution in [0.5, 0.6) is 5.75 Å². The van der Waals surface area contributed by atoms with E-state index in [1.165, 1.54) is 6.07 Å². The van der Waals surface area contributed by atoms with Crippen molar-refractivity contribution in [1.29, 1.82) is 0 Å². The van der Waals surface area contributed by atoms with Gasteiger partial charge in [0.05, 0.1) is 21.4 Å². The molecule has 2 aromatic heterocycles. The number of hydrogen-bond acceptors (Lipinski definition) is 5. The second-order valence-electron chi connectivity index (χ2n) is 8.80. The highest BCUT2D eigenvalue weighted by Crippen LogP contribution is 2.30. The van der Waals surface area contributed by atoms with E-state index in [2.05, 4.69) is 20.4 Å². The van der Waals surface area contributed by atoms with E-state index in [0.29, 0.717) is 49.2 Å². The minimum atomic E-state index is -0.594. The molecule has 0 aliphatic rings. The van der Waals surface area contributed by atoms with Crippen molar-refractivity contribution in [2.45, 2.75) is 19.3 Å². The van der Waals surface area contributed by atoms with E-state index in [1.54, 1.807) is 54.6 Å². The summed E-state index contributed by atoms with van der Waals surface area (Å²) in [6, 6.07) is 20.4. The van der Waals surface area contributed by atoms with Crippen molar-refractivity contribution in [1.82, 2.24) is 20.4 Å². The lowest BCUT2D eigenvalue weighted by atomic mass is 10.0. The Kier molecular flexibility index (Phi) is 10.5. The van der Waals surface area contributed by atoms with Crippen LogP contribution in [0, 0.1) is 0 Å². The molecular formula is C29H21Cl5N4O3. The first-order chi connectivity index (χ1) is 19.6. The zero-order valence-corrected chi connectivity index (χ0v) is 24.9. The quantitative estimate of drug-likeness (QED) is 0.115. The maximum Gasteiger partial charge on any atom is 0.270 e. The van der Waals surface area contributed by atoms with Crippen molar-refractivity contribution in [2.75, 3.05) is 0 Å². The molecule has 5 aromatic rings. The first-order valence-electron chi connectivity index (χ1n) is 12.1. The number of phenols is 1. The molecule has 41 heavy (non-hydrogen) atoms. The first kappa shape index (κ1) is 30.6. The van der Waals surface area contributed by atoms with Gasteiger partial charge in [0.15, 0.2) is 5.78 Å². The Balaban J connectivity index is 0.000000208. The fourth-order valence-corrected chi connectivity index (χ4v) is 4.92. The predicted molar refractivity (Wildman–Crippen MR) is 164 cm³/mol. The smallest absolute Gasteiger partial charge is 0.270 e. The van der Waals surface area contributed by atoms with Crippen molar-refractivity contribution in [3.05, 3.63) is 110 Å². The Morgan fingerprint density at radius 2 is 1.22 bits per heavy atom. The van der Waals surface area contributed by atoms with Gasteiger partial charge in [0.2, 0.25) is 0 Å². The van der Waals surface area contributed by atoms with Crippen LogP contribution in [0.4, 0.5) is 0 Å². The van der Waals surface area contributed by atoms with E-state index in [1.807, 2.05) is 12.1 Å². The highest BCUT2D eigenvalue weighted by atomic mass is 35.5. The average molecular weight is 651 g/mol. The number of carbonyl (C=O) groups excluding carboxylic acids is 2. The molecule has 0 unspecified atom stereocenters. The molecule has 0 amide bonds. The molecule has 0 atom stereocenters. The predicted octanol–water partition coefficient (Wildman–Crippen LogP) is 9.06. The van der Waals surface area contributed by atoms with E-state index in [4.69, 9.17) is 58.0 Å². The number of rotatable bonds is 8. The van der Waals surface area contributed by atoms with Crippen LogP contribution in [0.2, 0.25) is 20.1 Å². The summed E-state index contributed by atoms with van der Waals surface area (Å²) in [7, 11) is 0. The van der Waals surface area contributed by atoms with Gasteiger partial charge >= 0.3 is 0 Å². The number of ketones is 1. The van der Waals surface area contributed by atoms with Crippen LogP contribution in [0.3, 0.4) is 0 Å². The van der Waals surface area contributed by atoms with Crippen molar-refractivity contribution < 1.29 is 14.7 Å². The third kappa shape index (κ3) is 8.35. The Hall–Kier alpha value is -3.33. The lowest BCUT2D eigenvalue weighted by Gasteiger charge is -2.01. The van der Waals surface area contributed by atoms with Crippen LogP contribution in [0.1, 0.15) is 39.4 Å². The summed E-state index contributed by atoms with van der Waals surface area (Å²) in [6.45, 7) is 0. The van der Waals surface area contributed by atoms with Gasteiger partial charge in [0, 0.05) is 27.6 Å². The molecule has 0 bridgehead atoms. The number of H-pyrrole nitrogens is 2. The summed E-state index contributed by atoms with van der Waals surface area (Å²) in [5.41, 5.74) is 4.35. The number of phenolic OH excluding ortho intramolecular Hbond substituents is 1. The highest BCUT2D eigenvalue weighted by Gasteiger charge is 2.14. The molecule has 0 saturated heterocycles. The fourth-order valence-electron chi connectivity index (χ4n) is 3.81. The van der Waals surface area contributed by atoms with E-state index in [9.17, 15) is 14.7 Å². The van der Waals surface area contributed by atoms with Gasteiger partial charge in [-0.05, 0) is 90.7 Å². The number of aryl methyl sites for hydroxylation is 1. The summed E-state index contributed by atoms with van der Waals surface area (Å²) in [5, 5.41) is 24.1. The van der Waals surface area contributed by atoms with Crippen LogP contribution < -0.4 is 0 Å². The van der Waals surface area contributed by atoms with Crippen molar-refractivity contribution in [2.24, 2.45) is 0 Å². The molecule has 12 heteroatoms. The number of carbonyl (C=O) groups is 2. The topological polar surface area (TPSA) is 112 Å². The lowest BCUT2D eigenvalue weighted by Crippen LogP contribution is -2.00. The monoisotopic (exact) mass is 648 g/mol. The average Bonchev–Trinajstić information content (AvgIpc) is 3.61. The van der Waals surface area contributed by atoms with E-state index in [0.717, 1.165) is 24.0 Å². The normalized spacial score (nSPS) is 10.7. The second-order valence-corrected chi connectivity index (χ2v) is 10.8. The first-order valence-corrected chi connectivity index (χ1v) is 14.0. The second kappa shape index (κ2) is 14.0. The molecule has 5 rings (SSSR count). The molecule has 0 radical (unpaired) electrons. The van der Waals surface area contributed by atoms with E-state index in [-0.39, 0.29) is 17.2 Å². The molecule has 2 heterocycles. The largest absolute Gasteiger partial charge is 0.508 e. The summed E-state index contributed by atoms with van der Waals surface area (Å²) >= 11 is 29.1. The summed E-state index contributed by atoms with van der Waals surface area (Å²) in [5.74, 6) is 0.244. The van der Waals surface area contributed by atoms with Gasteiger partial charge in [-0.1, -0.05) is 58.5 Å². The number of aromatic amines is 2. The Labute approximate surface area is 260 Å². The SMILES string of the molecule is O=C(CCCc1ccc(O)cc1)c1cc(-c2ccc(Cl)cc2Cl)n[nH]1.O=C(Cl)c1cc(-c2ccc(Cl)cc2Cl)n[nH]1. The molecule has 3 aromatic carbocycles.